The predicted octanol–water partition coefficient (Wildman–Crippen LogP) is 2.97. The van der Waals surface area contributed by atoms with Gasteiger partial charge in [-0.2, -0.15) is 0 Å². The van der Waals surface area contributed by atoms with E-state index in [1.807, 2.05) is 5.38 Å². The summed E-state index contributed by atoms with van der Waals surface area (Å²) in [5, 5.41) is 11.7. The lowest BCUT2D eigenvalue weighted by atomic mass is 9.77. The van der Waals surface area contributed by atoms with Crippen molar-refractivity contribution in [3.05, 3.63) is 21.4 Å². The van der Waals surface area contributed by atoms with E-state index in [9.17, 15) is 14.7 Å². The van der Waals surface area contributed by atoms with Crippen LogP contribution in [0.4, 0.5) is 0 Å². The van der Waals surface area contributed by atoms with Crippen LogP contribution in [0.2, 0.25) is 0 Å². The molecule has 1 saturated heterocycles. The number of carbonyl (C=O) groups is 2. The van der Waals surface area contributed by atoms with Crippen molar-refractivity contribution in [1.82, 2.24) is 4.90 Å². The van der Waals surface area contributed by atoms with Gasteiger partial charge in [-0.25, -0.2) is 0 Å². The molecule has 3 rings (SSSR count). The first-order chi connectivity index (χ1) is 11.6. The lowest BCUT2D eigenvalue weighted by molar-refractivity contribution is -0.153. The average Bonchev–Trinajstić information content (AvgIpc) is 3.03. The Morgan fingerprint density at radius 3 is 2.88 bits per heavy atom. The summed E-state index contributed by atoms with van der Waals surface area (Å²) < 4.78 is 5.10. The van der Waals surface area contributed by atoms with Gasteiger partial charge in [0.05, 0.1) is 11.0 Å². The van der Waals surface area contributed by atoms with Gasteiger partial charge in [-0.15, -0.1) is 11.3 Å². The van der Waals surface area contributed by atoms with Crippen LogP contribution in [0.15, 0.2) is 5.38 Å². The quantitative estimate of drug-likeness (QED) is 0.886. The first kappa shape index (κ1) is 17.4. The second kappa shape index (κ2) is 7.23. The average molecular weight is 351 g/mol. The second-order valence-corrected chi connectivity index (χ2v) is 7.88. The van der Waals surface area contributed by atoms with Crippen LogP contribution in [0, 0.1) is 5.41 Å². The molecule has 0 radical (unpaired) electrons. The van der Waals surface area contributed by atoms with E-state index in [2.05, 4.69) is 0 Å². The summed E-state index contributed by atoms with van der Waals surface area (Å²) in [5.74, 6) is -0.804. The number of methoxy groups -OCH3 is 1. The van der Waals surface area contributed by atoms with Crippen LogP contribution in [0.25, 0.3) is 0 Å². The molecule has 0 saturated carbocycles. The number of likely N-dealkylation sites (tertiary alicyclic amines) is 1. The van der Waals surface area contributed by atoms with Crippen LogP contribution >= 0.6 is 11.3 Å². The van der Waals surface area contributed by atoms with Crippen molar-refractivity contribution >= 4 is 23.2 Å². The Bertz CT molecular complexity index is 627. The number of ether oxygens (including phenoxy) is 1. The number of carboxylic acids is 1. The van der Waals surface area contributed by atoms with Crippen molar-refractivity contribution in [2.75, 3.05) is 26.8 Å². The molecular weight excluding hydrogens is 326 g/mol. The third-order valence-corrected chi connectivity index (χ3v) is 6.48. The summed E-state index contributed by atoms with van der Waals surface area (Å²) in [6, 6.07) is 0. The van der Waals surface area contributed by atoms with Crippen LogP contribution < -0.4 is 0 Å². The molecule has 132 valence electrons. The third-order valence-electron chi connectivity index (χ3n) is 5.39. The first-order valence-electron chi connectivity index (χ1n) is 8.68. The number of carbonyl (C=O) groups excluding carboxylic acids is 1. The molecule has 1 amide bonds. The fourth-order valence-corrected chi connectivity index (χ4v) is 5.05. The topological polar surface area (TPSA) is 66.8 Å². The van der Waals surface area contributed by atoms with Gasteiger partial charge in [0.25, 0.3) is 5.91 Å². The van der Waals surface area contributed by atoms with Gasteiger partial charge in [0.1, 0.15) is 0 Å². The monoisotopic (exact) mass is 351 g/mol. The zero-order chi connectivity index (χ0) is 17.2. The Morgan fingerprint density at radius 1 is 1.33 bits per heavy atom. The van der Waals surface area contributed by atoms with Crippen LogP contribution in [0.1, 0.15) is 52.9 Å². The van der Waals surface area contributed by atoms with Gasteiger partial charge in [-0.05, 0) is 50.5 Å². The van der Waals surface area contributed by atoms with Gasteiger partial charge < -0.3 is 14.7 Å². The maximum Gasteiger partial charge on any atom is 0.311 e. The Kier molecular flexibility index (Phi) is 5.25. The summed E-state index contributed by atoms with van der Waals surface area (Å²) >= 11 is 1.68. The van der Waals surface area contributed by atoms with Gasteiger partial charge in [0.2, 0.25) is 0 Å². The van der Waals surface area contributed by atoms with Crippen LogP contribution in [0.3, 0.4) is 0 Å². The molecule has 1 fully saturated rings. The highest BCUT2D eigenvalue weighted by molar-refractivity contribution is 7.10. The Hall–Kier alpha value is -1.40. The third kappa shape index (κ3) is 3.22. The minimum Gasteiger partial charge on any atom is -0.481 e. The Labute approximate surface area is 146 Å². The fraction of sp³-hybridized carbons (Fsp3) is 0.667. The van der Waals surface area contributed by atoms with Gasteiger partial charge in [-0.3, -0.25) is 9.59 Å². The van der Waals surface area contributed by atoms with E-state index in [0.29, 0.717) is 26.0 Å². The molecule has 1 N–H and O–H groups in total. The van der Waals surface area contributed by atoms with Crippen molar-refractivity contribution in [1.29, 1.82) is 0 Å². The molecule has 0 aromatic carbocycles. The molecule has 1 atom stereocenters. The van der Waals surface area contributed by atoms with E-state index >= 15 is 0 Å². The summed E-state index contributed by atoms with van der Waals surface area (Å²) in [5.41, 5.74) is 1.14. The second-order valence-electron chi connectivity index (χ2n) is 6.92. The number of hydrogen-bond donors (Lipinski definition) is 1. The number of piperidine rings is 1. The van der Waals surface area contributed by atoms with E-state index in [4.69, 9.17) is 4.74 Å². The highest BCUT2D eigenvalue weighted by Crippen LogP contribution is 2.36. The molecule has 0 spiro atoms. The predicted molar refractivity (Wildman–Crippen MR) is 92.7 cm³/mol. The first-order valence-corrected chi connectivity index (χ1v) is 9.56. The molecule has 1 unspecified atom stereocenters. The highest BCUT2D eigenvalue weighted by Gasteiger charge is 2.43. The van der Waals surface area contributed by atoms with Crippen molar-refractivity contribution in [2.45, 2.75) is 44.9 Å². The van der Waals surface area contributed by atoms with E-state index in [0.717, 1.165) is 31.2 Å². The molecule has 2 aliphatic rings. The van der Waals surface area contributed by atoms with Crippen molar-refractivity contribution < 1.29 is 19.4 Å². The van der Waals surface area contributed by atoms with Crippen LogP contribution in [-0.2, 0) is 22.4 Å². The van der Waals surface area contributed by atoms with Crippen molar-refractivity contribution in [2.24, 2.45) is 5.41 Å². The van der Waals surface area contributed by atoms with Crippen molar-refractivity contribution in [3.8, 4) is 0 Å². The standard InChI is InChI=1S/C18H25NO4S/c1-23-10-8-18(17(21)22)7-4-9-19(12-18)16(20)14-11-24-15-6-3-2-5-13(14)15/h11H,2-10,12H2,1H3,(H,21,22). The molecule has 1 aromatic heterocycles. The number of fused-ring (bicyclic) bond motifs is 1. The molecule has 0 bridgehead atoms. The summed E-state index contributed by atoms with van der Waals surface area (Å²) in [7, 11) is 1.58. The van der Waals surface area contributed by atoms with Gasteiger partial charge in [0, 0.05) is 37.1 Å². The van der Waals surface area contributed by atoms with E-state index in [1.165, 1.54) is 16.9 Å². The number of rotatable bonds is 5. The molecular formula is C18H25NO4S. The Morgan fingerprint density at radius 2 is 2.12 bits per heavy atom. The maximum absolute atomic E-state index is 13.0. The Balaban J connectivity index is 1.80. The molecule has 1 aliphatic carbocycles. The summed E-state index contributed by atoms with van der Waals surface area (Å²) in [6.45, 7) is 1.34. The number of thiophene rings is 1. The molecule has 2 heterocycles. The van der Waals surface area contributed by atoms with Crippen molar-refractivity contribution in [3.63, 3.8) is 0 Å². The van der Waals surface area contributed by atoms with Gasteiger partial charge >= 0.3 is 5.97 Å². The zero-order valence-corrected chi connectivity index (χ0v) is 15.0. The van der Waals surface area contributed by atoms with Crippen LogP contribution in [-0.4, -0.2) is 48.7 Å². The molecule has 6 heteroatoms. The lowest BCUT2D eigenvalue weighted by Crippen LogP contribution is -2.50. The lowest BCUT2D eigenvalue weighted by Gasteiger charge is -2.40. The zero-order valence-electron chi connectivity index (χ0n) is 14.2. The number of amides is 1. The number of carboxylic acid groups (broad SMARTS) is 1. The van der Waals surface area contributed by atoms with Gasteiger partial charge in [0.15, 0.2) is 0 Å². The number of aryl methyl sites for hydroxylation is 1. The maximum atomic E-state index is 13.0. The molecule has 1 aromatic rings. The minimum absolute atomic E-state index is 0.0112. The fourth-order valence-electron chi connectivity index (χ4n) is 3.93. The SMILES string of the molecule is COCCC1(C(=O)O)CCCN(C(=O)c2csc3c2CCCC3)C1. The van der Waals surface area contributed by atoms with E-state index in [-0.39, 0.29) is 12.5 Å². The molecule has 1 aliphatic heterocycles. The molecule has 24 heavy (non-hydrogen) atoms. The van der Waals surface area contributed by atoms with E-state index in [1.54, 1.807) is 23.3 Å². The largest absolute Gasteiger partial charge is 0.481 e. The minimum atomic E-state index is -0.875. The number of aliphatic carboxylic acids is 1. The smallest absolute Gasteiger partial charge is 0.311 e. The summed E-state index contributed by atoms with van der Waals surface area (Å²) in [4.78, 5) is 28.0. The number of nitrogens with zero attached hydrogens (tertiary/aromatic N) is 1. The molecule has 5 nitrogen and oxygen atoms in total. The van der Waals surface area contributed by atoms with Gasteiger partial charge in [-0.1, -0.05) is 0 Å². The summed E-state index contributed by atoms with van der Waals surface area (Å²) in [6.07, 6.45) is 6.16. The van der Waals surface area contributed by atoms with E-state index < -0.39 is 11.4 Å². The number of hydrogen-bond acceptors (Lipinski definition) is 4. The normalized spacial score (nSPS) is 23.8. The van der Waals surface area contributed by atoms with Crippen LogP contribution in [0.5, 0.6) is 0 Å². The highest BCUT2D eigenvalue weighted by atomic mass is 32.1.